The summed E-state index contributed by atoms with van der Waals surface area (Å²) in [5, 5.41) is 3.14. The van der Waals surface area contributed by atoms with Crippen molar-refractivity contribution in [3.05, 3.63) is 48.3 Å². The highest BCUT2D eigenvalue weighted by atomic mass is 16.5. The standard InChI is InChI=1S/C22H29N5O2/c1-17-13-26(15-19-7-2-3-8-20(19)29-17)16-21(28)25-12-18-6-4-11-27(14-18)22-23-9-5-10-24-22/h2-3,5,7-10,17-18H,4,6,11-16H2,1H3,(H,25,28). The lowest BCUT2D eigenvalue weighted by molar-refractivity contribution is -0.122. The number of fused-ring (bicyclic) bond motifs is 1. The van der Waals surface area contributed by atoms with Crippen LogP contribution in [0.1, 0.15) is 25.3 Å². The number of carbonyl (C=O) groups excluding carboxylic acids is 1. The van der Waals surface area contributed by atoms with Gasteiger partial charge in [0, 0.05) is 50.7 Å². The number of carbonyl (C=O) groups is 1. The van der Waals surface area contributed by atoms with Crippen LogP contribution in [0.4, 0.5) is 5.95 Å². The molecule has 2 unspecified atom stereocenters. The number of amides is 1. The van der Waals surface area contributed by atoms with Gasteiger partial charge in [0.15, 0.2) is 0 Å². The summed E-state index contributed by atoms with van der Waals surface area (Å²) in [4.78, 5) is 25.7. The van der Waals surface area contributed by atoms with Crippen LogP contribution in [-0.2, 0) is 11.3 Å². The molecule has 29 heavy (non-hydrogen) atoms. The van der Waals surface area contributed by atoms with Crippen molar-refractivity contribution in [1.29, 1.82) is 0 Å². The molecule has 1 amide bonds. The monoisotopic (exact) mass is 395 g/mol. The fraction of sp³-hybridized carbons (Fsp3) is 0.500. The van der Waals surface area contributed by atoms with Gasteiger partial charge in [-0.15, -0.1) is 0 Å². The summed E-state index contributed by atoms with van der Waals surface area (Å²) < 4.78 is 5.99. The van der Waals surface area contributed by atoms with Gasteiger partial charge in [0.2, 0.25) is 11.9 Å². The lowest BCUT2D eigenvalue weighted by Gasteiger charge is -2.33. The number of hydrogen-bond acceptors (Lipinski definition) is 6. The number of benzene rings is 1. The molecule has 1 fully saturated rings. The Balaban J connectivity index is 1.28. The van der Waals surface area contributed by atoms with Crippen molar-refractivity contribution < 1.29 is 9.53 Å². The molecule has 2 aliphatic rings. The molecule has 2 aliphatic heterocycles. The van der Waals surface area contributed by atoms with Gasteiger partial charge >= 0.3 is 0 Å². The zero-order valence-electron chi connectivity index (χ0n) is 17.0. The largest absolute Gasteiger partial charge is 0.489 e. The molecule has 1 N–H and O–H groups in total. The van der Waals surface area contributed by atoms with Crippen molar-refractivity contribution in [2.45, 2.75) is 32.4 Å². The average Bonchev–Trinajstić information content (AvgIpc) is 2.90. The fourth-order valence-electron chi connectivity index (χ4n) is 4.18. The third kappa shape index (κ3) is 5.23. The van der Waals surface area contributed by atoms with E-state index in [1.165, 1.54) is 0 Å². The Morgan fingerprint density at radius 3 is 2.90 bits per heavy atom. The van der Waals surface area contributed by atoms with Crippen LogP contribution in [0.25, 0.3) is 0 Å². The van der Waals surface area contributed by atoms with Gasteiger partial charge in [0.05, 0.1) is 6.54 Å². The number of ether oxygens (including phenoxy) is 1. The maximum absolute atomic E-state index is 12.6. The first-order chi connectivity index (χ1) is 14.2. The summed E-state index contributed by atoms with van der Waals surface area (Å²) in [5.74, 6) is 2.20. The van der Waals surface area contributed by atoms with Crippen molar-refractivity contribution >= 4 is 11.9 Å². The van der Waals surface area contributed by atoms with Gasteiger partial charge in [-0.25, -0.2) is 9.97 Å². The zero-order valence-corrected chi connectivity index (χ0v) is 17.0. The minimum Gasteiger partial charge on any atom is -0.489 e. The molecule has 0 saturated carbocycles. The molecule has 2 aromatic rings. The van der Waals surface area contributed by atoms with E-state index in [-0.39, 0.29) is 12.0 Å². The summed E-state index contributed by atoms with van der Waals surface area (Å²) in [6, 6.07) is 9.91. The molecule has 1 aromatic heterocycles. The van der Waals surface area contributed by atoms with Gasteiger partial charge in [0.1, 0.15) is 11.9 Å². The predicted octanol–water partition coefficient (Wildman–Crippen LogP) is 2.09. The van der Waals surface area contributed by atoms with E-state index >= 15 is 0 Å². The second-order valence-electron chi connectivity index (χ2n) is 8.01. The number of para-hydroxylation sites is 1. The second kappa shape index (κ2) is 9.22. The number of hydrogen-bond donors (Lipinski definition) is 1. The third-order valence-electron chi connectivity index (χ3n) is 5.52. The molecule has 7 heteroatoms. The molecule has 7 nitrogen and oxygen atoms in total. The van der Waals surface area contributed by atoms with Gasteiger partial charge in [-0.05, 0) is 37.8 Å². The minimum atomic E-state index is 0.0595. The quantitative estimate of drug-likeness (QED) is 0.836. The molecular formula is C22H29N5O2. The number of nitrogens with one attached hydrogen (secondary N) is 1. The van der Waals surface area contributed by atoms with Crippen molar-refractivity contribution in [1.82, 2.24) is 20.2 Å². The normalized spacial score (nSPS) is 22.3. The smallest absolute Gasteiger partial charge is 0.234 e. The lowest BCUT2D eigenvalue weighted by atomic mass is 9.98. The van der Waals surface area contributed by atoms with E-state index in [0.717, 1.165) is 56.3 Å². The SMILES string of the molecule is CC1CN(CC(=O)NCC2CCCN(c3ncccn3)C2)Cc2ccccc2O1. The van der Waals surface area contributed by atoms with E-state index in [4.69, 9.17) is 4.74 Å². The first kappa shape index (κ1) is 19.6. The Morgan fingerprint density at radius 1 is 1.21 bits per heavy atom. The molecule has 0 aliphatic carbocycles. The number of piperidine rings is 1. The van der Waals surface area contributed by atoms with Crippen molar-refractivity contribution in [3.63, 3.8) is 0 Å². The Kier molecular flexibility index (Phi) is 6.24. The molecular weight excluding hydrogens is 366 g/mol. The lowest BCUT2D eigenvalue weighted by Crippen LogP contribution is -2.44. The second-order valence-corrected chi connectivity index (χ2v) is 8.01. The molecule has 1 aromatic carbocycles. The topological polar surface area (TPSA) is 70.6 Å². The first-order valence-corrected chi connectivity index (χ1v) is 10.4. The number of aromatic nitrogens is 2. The average molecular weight is 396 g/mol. The molecule has 3 heterocycles. The van der Waals surface area contributed by atoms with E-state index in [1.54, 1.807) is 12.4 Å². The van der Waals surface area contributed by atoms with Gasteiger partial charge in [-0.2, -0.15) is 0 Å². The highest BCUT2D eigenvalue weighted by Crippen LogP contribution is 2.24. The summed E-state index contributed by atoms with van der Waals surface area (Å²) in [5.41, 5.74) is 1.13. The Morgan fingerprint density at radius 2 is 2.03 bits per heavy atom. The van der Waals surface area contributed by atoms with Gasteiger partial charge in [-0.1, -0.05) is 18.2 Å². The van der Waals surface area contributed by atoms with Crippen LogP contribution in [0.3, 0.4) is 0 Å². The zero-order chi connectivity index (χ0) is 20.1. The summed E-state index contributed by atoms with van der Waals surface area (Å²) in [6.45, 7) is 6.46. The van der Waals surface area contributed by atoms with Crippen LogP contribution in [0.15, 0.2) is 42.7 Å². The maximum atomic E-state index is 12.6. The minimum absolute atomic E-state index is 0.0595. The molecule has 1 saturated heterocycles. The third-order valence-corrected chi connectivity index (χ3v) is 5.52. The first-order valence-electron chi connectivity index (χ1n) is 10.4. The molecule has 0 radical (unpaired) electrons. The highest BCUT2D eigenvalue weighted by molar-refractivity contribution is 5.78. The van der Waals surface area contributed by atoms with E-state index in [1.807, 2.05) is 24.3 Å². The van der Waals surface area contributed by atoms with Crippen molar-refractivity contribution in [2.24, 2.45) is 5.92 Å². The van der Waals surface area contributed by atoms with Crippen molar-refractivity contribution in [3.8, 4) is 5.75 Å². The molecule has 0 bridgehead atoms. The van der Waals surface area contributed by atoms with Crippen LogP contribution < -0.4 is 15.0 Å². The Labute approximate surface area is 172 Å². The number of rotatable bonds is 5. The fourth-order valence-corrected chi connectivity index (χ4v) is 4.18. The van der Waals surface area contributed by atoms with Crippen LogP contribution in [0.5, 0.6) is 5.75 Å². The summed E-state index contributed by atoms with van der Waals surface area (Å²) in [7, 11) is 0. The Bertz CT molecular complexity index is 816. The van der Waals surface area contributed by atoms with Crippen molar-refractivity contribution in [2.75, 3.05) is 37.6 Å². The molecule has 154 valence electrons. The summed E-state index contributed by atoms with van der Waals surface area (Å²) in [6.07, 6.45) is 5.82. The van der Waals surface area contributed by atoms with Gasteiger partial charge in [0.25, 0.3) is 0 Å². The van der Waals surface area contributed by atoms with E-state index in [0.29, 0.717) is 19.0 Å². The Hall–Kier alpha value is -2.67. The van der Waals surface area contributed by atoms with Gasteiger partial charge < -0.3 is 15.0 Å². The van der Waals surface area contributed by atoms with Gasteiger partial charge in [-0.3, -0.25) is 9.69 Å². The maximum Gasteiger partial charge on any atom is 0.234 e. The molecule has 4 rings (SSSR count). The highest BCUT2D eigenvalue weighted by Gasteiger charge is 2.24. The summed E-state index contributed by atoms with van der Waals surface area (Å²) >= 11 is 0. The molecule has 2 atom stereocenters. The number of nitrogens with zero attached hydrogens (tertiary/aromatic N) is 4. The van der Waals surface area contributed by atoms with E-state index in [2.05, 4.69) is 38.1 Å². The van der Waals surface area contributed by atoms with E-state index in [9.17, 15) is 4.79 Å². The van der Waals surface area contributed by atoms with Crippen LogP contribution in [0, 0.1) is 5.92 Å². The predicted molar refractivity (Wildman–Crippen MR) is 112 cm³/mol. The van der Waals surface area contributed by atoms with Crippen LogP contribution >= 0.6 is 0 Å². The van der Waals surface area contributed by atoms with Crippen LogP contribution in [-0.4, -0.2) is 59.6 Å². The van der Waals surface area contributed by atoms with E-state index < -0.39 is 0 Å². The molecule has 0 spiro atoms. The number of anilines is 1. The van der Waals surface area contributed by atoms with Crippen LogP contribution in [0.2, 0.25) is 0 Å².